The lowest BCUT2D eigenvalue weighted by Gasteiger charge is -2.29. The van der Waals surface area contributed by atoms with Crippen molar-refractivity contribution in [1.82, 2.24) is 4.31 Å². The van der Waals surface area contributed by atoms with Gasteiger partial charge < -0.3 is 5.11 Å². The molecule has 1 N–H and O–H groups in total. The predicted octanol–water partition coefficient (Wildman–Crippen LogP) is 2.16. The topological polar surface area (TPSA) is 91.8 Å². The summed E-state index contributed by atoms with van der Waals surface area (Å²) in [6.07, 6.45) is -1.25. The van der Waals surface area contributed by atoms with Gasteiger partial charge in [-0.3, -0.25) is 0 Å². The normalized spacial score (nSPS) is 22.0. The van der Waals surface area contributed by atoms with Gasteiger partial charge in [-0.05, 0) is 29.2 Å². The van der Waals surface area contributed by atoms with Crippen LogP contribution in [0, 0.1) is 0 Å². The summed E-state index contributed by atoms with van der Waals surface area (Å²) in [4.78, 5) is 0.0873. The first-order valence-corrected chi connectivity index (χ1v) is 12.4. The van der Waals surface area contributed by atoms with Crippen LogP contribution in [0.1, 0.15) is 30.9 Å². The molecule has 1 aliphatic rings. The Hall–Kier alpha value is -1.74. The Balaban J connectivity index is 2.02. The Morgan fingerprint density at radius 3 is 2.14 bits per heavy atom. The van der Waals surface area contributed by atoms with Gasteiger partial charge in [0, 0.05) is 6.54 Å². The summed E-state index contributed by atoms with van der Waals surface area (Å²) in [5.41, 5.74) is 1.73. The van der Waals surface area contributed by atoms with Gasteiger partial charge in [0.2, 0.25) is 10.0 Å². The number of rotatable bonds is 6. The number of hydrogen-bond donors (Lipinski definition) is 1. The van der Waals surface area contributed by atoms with E-state index in [1.807, 2.05) is 19.9 Å². The zero-order chi connectivity index (χ0) is 20.5. The molecule has 0 aliphatic carbocycles. The minimum atomic E-state index is -4.00. The van der Waals surface area contributed by atoms with Crippen LogP contribution in [-0.4, -0.2) is 49.9 Å². The van der Waals surface area contributed by atoms with E-state index < -0.39 is 37.8 Å². The molecule has 1 fully saturated rings. The highest BCUT2D eigenvalue weighted by Crippen LogP contribution is 2.28. The molecule has 152 valence electrons. The molecule has 2 aromatic carbocycles. The van der Waals surface area contributed by atoms with Crippen LogP contribution in [0.2, 0.25) is 0 Å². The van der Waals surface area contributed by atoms with E-state index in [1.165, 1.54) is 0 Å². The lowest BCUT2D eigenvalue weighted by atomic mass is 10.0. The maximum absolute atomic E-state index is 13.4. The molecule has 0 spiro atoms. The van der Waals surface area contributed by atoms with E-state index in [1.54, 1.807) is 48.5 Å². The largest absolute Gasteiger partial charge is 0.390 e. The number of sulfonamides is 1. The average molecular weight is 424 g/mol. The van der Waals surface area contributed by atoms with Crippen molar-refractivity contribution in [2.24, 2.45) is 0 Å². The third-order valence-corrected chi connectivity index (χ3v) is 8.58. The van der Waals surface area contributed by atoms with E-state index >= 15 is 0 Å². The molecule has 8 heteroatoms. The Bertz CT molecular complexity index is 1020. The van der Waals surface area contributed by atoms with Crippen LogP contribution in [0.15, 0.2) is 59.5 Å². The minimum absolute atomic E-state index is 0.00759. The SMILES string of the molecule is CC(C)c1ccc(S(=O)(=O)N(Cc2ccccc2)[C@@H]2CS(=O)(=O)C[C@@H]2O)cc1. The second kappa shape index (κ2) is 7.94. The lowest BCUT2D eigenvalue weighted by Crippen LogP contribution is -2.46. The first-order chi connectivity index (χ1) is 13.1. The lowest BCUT2D eigenvalue weighted by molar-refractivity contribution is 0.125. The molecule has 28 heavy (non-hydrogen) atoms. The summed E-state index contributed by atoms with van der Waals surface area (Å²) < 4.78 is 51.9. The van der Waals surface area contributed by atoms with E-state index in [-0.39, 0.29) is 23.1 Å². The summed E-state index contributed by atoms with van der Waals surface area (Å²) in [6, 6.07) is 14.6. The standard InChI is InChI=1S/C20H25NO5S2/c1-15(2)17-8-10-18(11-9-17)28(25,26)21(12-16-6-4-3-5-7-16)19-13-27(23,24)14-20(19)22/h3-11,15,19-20,22H,12-14H2,1-2H3/t19-,20+/m1/s1. The molecule has 0 radical (unpaired) electrons. The zero-order valence-corrected chi connectivity index (χ0v) is 17.5. The van der Waals surface area contributed by atoms with Gasteiger partial charge in [-0.1, -0.05) is 56.3 Å². The molecule has 2 atom stereocenters. The minimum Gasteiger partial charge on any atom is -0.390 e. The summed E-state index contributed by atoms with van der Waals surface area (Å²) in [6.45, 7) is 4.03. The van der Waals surface area contributed by atoms with Crippen molar-refractivity contribution in [2.45, 2.75) is 43.4 Å². The Labute approximate surface area is 166 Å². The number of nitrogens with zero attached hydrogens (tertiary/aromatic N) is 1. The van der Waals surface area contributed by atoms with Gasteiger partial charge in [0.25, 0.3) is 0 Å². The molecular weight excluding hydrogens is 398 g/mol. The monoisotopic (exact) mass is 423 g/mol. The first-order valence-electron chi connectivity index (χ1n) is 9.14. The average Bonchev–Trinajstić information content (AvgIpc) is 2.92. The summed E-state index contributed by atoms with van der Waals surface area (Å²) in [5, 5.41) is 10.3. The van der Waals surface area contributed by atoms with E-state index in [0.29, 0.717) is 0 Å². The van der Waals surface area contributed by atoms with Crippen LogP contribution in [0.25, 0.3) is 0 Å². The molecular formula is C20H25NO5S2. The molecule has 1 heterocycles. The maximum Gasteiger partial charge on any atom is 0.243 e. The van der Waals surface area contributed by atoms with Crippen LogP contribution < -0.4 is 0 Å². The Morgan fingerprint density at radius 2 is 1.64 bits per heavy atom. The fraction of sp³-hybridized carbons (Fsp3) is 0.400. The fourth-order valence-electron chi connectivity index (χ4n) is 3.39. The van der Waals surface area contributed by atoms with Crippen molar-refractivity contribution in [3.05, 3.63) is 65.7 Å². The Morgan fingerprint density at radius 1 is 1.04 bits per heavy atom. The van der Waals surface area contributed by atoms with Crippen LogP contribution in [0.4, 0.5) is 0 Å². The molecule has 0 unspecified atom stereocenters. The van der Waals surface area contributed by atoms with Crippen LogP contribution >= 0.6 is 0 Å². The van der Waals surface area contributed by atoms with E-state index in [9.17, 15) is 21.9 Å². The van der Waals surface area contributed by atoms with Crippen LogP contribution in [0.3, 0.4) is 0 Å². The quantitative estimate of drug-likeness (QED) is 0.769. The highest BCUT2D eigenvalue weighted by molar-refractivity contribution is 7.92. The molecule has 1 saturated heterocycles. The van der Waals surface area contributed by atoms with Gasteiger partial charge in [0.05, 0.1) is 28.5 Å². The number of sulfone groups is 1. The van der Waals surface area contributed by atoms with Gasteiger partial charge in [-0.15, -0.1) is 0 Å². The molecule has 2 aromatic rings. The fourth-order valence-corrected chi connectivity index (χ4v) is 6.93. The second-order valence-corrected chi connectivity index (χ2v) is 11.5. The molecule has 3 rings (SSSR count). The number of aliphatic hydroxyl groups is 1. The number of benzene rings is 2. The van der Waals surface area contributed by atoms with E-state index in [4.69, 9.17) is 0 Å². The molecule has 0 bridgehead atoms. The van der Waals surface area contributed by atoms with Gasteiger partial charge in [0.15, 0.2) is 9.84 Å². The van der Waals surface area contributed by atoms with Crippen molar-refractivity contribution in [3.63, 3.8) is 0 Å². The molecule has 0 aromatic heterocycles. The van der Waals surface area contributed by atoms with Crippen molar-refractivity contribution >= 4 is 19.9 Å². The molecule has 1 aliphatic heterocycles. The highest BCUT2D eigenvalue weighted by atomic mass is 32.2. The Kier molecular flexibility index (Phi) is 5.95. The maximum atomic E-state index is 13.4. The van der Waals surface area contributed by atoms with Crippen molar-refractivity contribution in [2.75, 3.05) is 11.5 Å². The molecule has 0 amide bonds. The van der Waals surface area contributed by atoms with Gasteiger partial charge >= 0.3 is 0 Å². The number of aliphatic hydroxyl groups excluding tert-OH is 1. The third kappa shape index (κ3) is 4.46. The van der Waals surface area contributed by atoms with E-state index in [0.717, 1.165) is 15.4 Å². The van der Waals surface area contributed by atoms with Gasteiger partial charge in [0.1, 0.15) is 0 Å². The summed E-state index contributed by atoms with van der Waals surface area (Å²) >= 11 is 0. The summed E-state index contributed by atoms with van der Waals surface area (Å²) in [7, 11) is -7.50. The third-order valence-electron chi connectivity index (χ3n) is 5.00. The van der Waals surface area contributed by atoms with E-state index in [2.05, 4.69) is 0 Å². The smallest absolute Gasteiger partial charge is 0.243 e. The van der Waals surface area contributed by atoms with Gasteiger partial charge in [-0.2, -0.15) is 4.31 Å². The zero-order valence-electron chi connectivity index (χ0n) is 15.9. The molecule has 6 nitrogen and oxygen atoms in total. The number of hydrogen-bond acceptors (Lipinski definition) is 5. The van der Waals surface area contributed by atoms with Crippen molar-refractivity contribution < 1.29 is 21.9 Å². The van der Waals surface area contributed by atoms with Gasteiger partial charge in [-0.25, -0.2) is 16.8 Å². The van der Waals surface area contributed by atoms with Crippen LogP contribution in [0.5, 0.6) is 0 Å². The summed E-state index contributed by atoms with van der Waals surface area (Å²) in [5.74, 6) is -0.548. The molecule has 0 saturated carbocycles. The second-order valence-electron chi connectivity index (χ2n) is 7.47. The van der Waals surface area contributed by atoms with Crippen molar-refractivity contribution in [3.8, 4) is 0 Å². The first kappa shape index (κ1) is 21.0. The highest BCUT2D eigenvalue weighted by Gasteiger charge is 2.44. The van der Waals surface area contributed by atoms with Crippen molar-refractivity contribution in [1.29, 1.82) is 0 Å². The van der Waals surface area contributed by atoms with Crippen LogP contribution in [-0.2, 0) is 26.4 Å². The predicted molar refractivity (Wildman–Crippen MR) is 108 cm³/mol.